The van der Waals surface area contributed by atoms with Crippen LogP contribution in [0.4, 0.5) is 5.95 Å². The lowest BCUT2D eigenvalue weighted by molar-refractivity contribution is 0.737. The Balaban J connectivity index is 1.67. The smallest absolute Gasteiger partial charge is 0.224 e. The molecule has 0 unspecified atom stereocenters. The van der Waals surface area contributed by atoms with E-state index in [0.29, 0.717) is 5.95 Å². The third-order valence-electron chi connectivity index (χ3n) is 5.77. The van der Waals surface area contributed by atoms with E-state index in [1.165, 1.54) is 12.8 Å². The highest BCUT2D eigenvalue weighted by atomic mass is 15.3. The number of aryl methyl sites for hydroxylation is 1. The fourth-order valence-corrected chi connectivity index (χ4v) is 4.09. The van der Waals surface area contributed by atoms with Crippen LogP contribution in [0.3, 0.4) is 0 Å². The second kappa shape index (κ2) is 4.57. The highest BCUT2D eigenvalue weighted by Gasteiger charge is 2.75. The lowest BCUT2D eigenvalue weighted by Crippen LogP contribution is -2.08. The van der Waals surface area contributed by atoms with Crippen molar-refractivity contribution < 1.29 is 0 Å². The van der Waals surface area contributed by atoms with Crippen molar-refractivity contribution in [3.63, 3.8) is 0 Å². The molecule has 1 N–H and O–H groups in total. The van der Waals surface area contributed by atoms with Crippen molar-refractivity contribution in [2.24, 2.45) is 5.41 Å². The molecule has 0 bridgehead atoms. The molecule has 2 aliphatic carbocycles. The minimum absolute atomic E-state index is 0.255. The Labute approximate surface area is 145 Å². The van der Waals surface area contributed by atoms with E-state index in [0.717, 1.165) is 34.4 Å². The molecule has 1 spiro atoms. The van der Waals surface area contributed by atoms with Crippen LogP contribution in [0.1, 0.15) is 30.5 Å². The summed E-state index contributed by atoms with van der Waals surface area (Å²) in [5, 5.41) is 18.3. The van der Waals surface area contributed by atoms with Crippen LogP contribution in [0.25, 0.3) is 16.7 Å². The number of nitrogens with one attached hydrogen (secondary N) is 1. The first-order valence-electron chi connectivity index (χ1n) is 8.54. The van der Waals surface area contributed by atoms with Gasteiger partial charge in [0.1, 0.15) is 0 Å². The van der Waals surface area contributed by atoms with E-state index in [-0.39, 0.29) is 10.8 Å². The molecule has 1 aromatic carbocycles. The molecule has 6 heteroatoms. The SMILES string of the molecule is CNc1nc(C)cc(-n2ncc3ccc([C@]4(C#N)CC45CC5)cc32)n1. The van der Waals surface area contributed by atoms with Crippen molar-refractivity contribution in [2.45, 2.75) is 31.6 Å². The zero-order valence-corrected chi connectivity index (χ0v) is 14.2. The average Bonchev–Trinajstić information content (AvgIpc) is 3.50. The molecule has 2 fully saturated rings. The first kappa shape index (κ1) is 14.4. The average molecular weight is 330 g/mol. The summed E-state index contributed by atoms with van der Waals surface area (Å²) >= 11 is 0. The zero-order valence-electron chi connectivity index (χ0n) is 14.2. The Morgan fingerprint density at radius 1 is 1.24 bits per heavy atom. The van der Waals surface area contributed by atoms with Gasteiger partial charge in [0.25, 0.3) is 0 Å². The normalized spacial score (nSPS) is 22.8. The third-order valence-corrected chi connectivity index (χ3v) is 5.77. The van der Waals surface area contributed by atoms with Crippen LogP contribution in [-0.2, 0) is 5.41 Å². The van der Waals surface area contributed by atoms with Crippen molar-refractivity contribution in [3.05, 3.63) is 41.7 Å². The molecule has 2 saturated carbocycles. The van der Waals surface area contributed by atoms with Gasteiger partial charge in [0.2, 0.25) is 5.95 Å². The predicted molar refractivity (Wildman–Crippen MR) is 94.5 cm³/mol. The summed E-state index contributed by atoms with van der Waals surface area (Å²) in [6.07, 6.45) is 5.18. The number of anilines is 1. The lowest BCUT2D eigenvalue weighted by atomic mass is 9.93. The summed E-state index contributed by atoms with van der Waals surface area (Å²) in [4.78, 5) is 8.87. The first-order chi connectivity index (χ1) is 12.1. The lowest BCUT2D eigenvalue weighted by Gasteiger charge is -2.10. The molecule has 0 amide bonds. The summed E-state index contributed by atoms with van der Waals surface area (Å²) in [5.74, 6) is 1.30. The van der Waals surface area contributed by atoms with Gasteiger partial charge in [-0.05, 0) is 43.2 Å². The van der Waals surface area contributed by atoms with Crippen LogP contribution in [-0.4, -0.2) is 26.8 Å². The summed E-state index contributed by atoms with van der Waals surface area (Å²) < 4.78 is 1.83. The second-order valence-electron chi connectivity index (χ2n) is 7.25. The van der Waals surface area contributed by atoms with Crippen LogP contribution < -0.4 is 5.32 Å². The molecule has 2 aliphatic rings. The number of nitriles is 1. The summed E-state index contributed by atoms with van der Waals surface area (Å²) in [6, 6.07) is 10.8. The van der Waals surface area contributed by atoms with Gasteiger partial charge in [-0.3, -0.25) is 0 Å². The van der Waals surface area contributed by atoms with E-state index in [9.17, 15) is 5.26 Å². The van der Waals surface area contributed by atoms with Crippen molar-refractivity contribution in [1.29, 1.82) is 5.26 Å². The minimum Gasteiger partial charge on any atom is -0.357 e. The molecular weight excluding hydrogens is 312 g/mol. The molecule has 25 heavy (non-hydrogen) atoms. The van der Waals surface area contributed by atoms with E-state index in [4.69, 9.17) is 0 Å². The van der Waals surface area contributed by atoms with Gasteiger partial charge >= 0.3 is 0 Å². The van der Waals surface area contributed by atoms with Gasteiger partial charge in [0.15, 0.2) is 5.82 Å². The Bertz CT molecular complexity index is 1060. The van der Waals surface area contributed by atoms with Crippen LogP contribution >= 0.6 is 0 Å². The zero-order chi connectivity index (χ0) is 17.2. The minimum atomic E-state index is -0.298. The molecule has 5 rings (SSSR count). The molecule has 6 nitrogen and oxygen atoms in total. The number of rotatable bonds is 3. The molecule has 0 saturated heterocycles. The van der Waals surface area contributed by atoms with Crippen molar-refractivity contribution in [1.82, 2.24) is 19.7 Å². The number of benzene rings is 1. The van der Waals surface area contributed by atoms with Gasteiger partial charge in [-0.1, -0.05) is 12.1 Å². The Hall–Kier alpha value is -2.94. The largest absolute Gasteiger partial charge is 0.357 e. The molecule has 3 aromatic rings. The molecule has 0 aliphatic heterocycles. The first-order valence-corrected chi connectivity index (χ1v) is 8.54. The summed E-state index contributed by atoms with van der Waals surface area (Å²) in [7, 11) is 1.80. The second-order valence-corrected chi connectivity index (χ2v) is 7.25. The highest BCUT2D eigenvalue weighted by molar-refractivity contribution is 5.81. The molecule has 2 aromatic heterocycles. The number of aromatic nitrogens is 4. The Morgan fingerprint density at radius 2 is 2.08 bits per heavy atom. The van der Waals surface area contributed by atoms with Crippen molar-refractivity contribution in [2.75, 3.05) is 12.4 Å². The Morgan fingerprint density at radius 3 is 2.76 bits per heavy atom. The van der Waals surface area contributed by atoms with E-state index >= 15 is 0 Å². The predicted octanol–water partition coefficient (Wildman–Crippen LogP) is 3.11. The molecular formula is C19H18N6. The number of nitrogens with zero attached hydrogens (tertiary/aromatic N) is 5. The summed E-state index contributed by atoms with van der Waals surface area (Å²) in [5.41, 5.74) is 2.93. The fourth-order valence-electron chi connectivity index (χ4n) is 4.09. The van der Waals surface area contributed by atoms with Crippen LogP contribution in [0.2, 0.25) is 0 Å². The van der Waals surface area contributed by atoms with E-state index in [1.54, 1.807) is 7.05 Å². The number of fused-ring (bicyclic) bond motifs is 1. The maximum Gasteiger partial charge on any atom is 0.224 e. The third kappa shape index (κ3) is 1.86. The van der Waals surface area contributed by atoms with Gasteiger partial charge in [0, 0.05) is 24.2 Å². The number of hydrogen-bond acceptors (Lipinski definition) is 5. The number of hydrogen-bond donors (Lipinski definition) is 1. The van der Waals surface area contributed by atoms with E-state index in [2.05, 4.69) is 44.7 Å². The van der Waals surface area contributed by atoms with Gasteiger partial charge in [-0.25, -0.2) is 9.67 Å². The van der Waals surface area contributed by atoms with Gasteiger partial charge in [0.05, 0.1) is 23.2 Å². The maximum atomic E-state index is 9.80. The highest BCUT2D eigenvalue weighted by Crippen LogP contribution is 2.78. The van der Waals surface area contributed by atoms with E-state index in [1.807, 2.05) is 23.9 Å². The van der Waals surface area contributed by atoms with E-state index < -0.39 is 0 Å². The fraction of sp³-hybridized carbons (Fsp3) is 0.368. The van der Waals surface area contributed by atoms with Gasteiger partial charge in [-0.2, -0.15) is 15.3 Å². The monoisotopic (exact) mass is 330 g/mol. The van der Waals surface area contributed by atoms with Crippen LogP contribution in [0, 0.1) is 23.7 Å². The maximum absolute atomic E-state index is 9.80. The van der Waals surface area contributed by atoms with Gasteiger partial charge < -0.3 is 5.32 Å². The quantitative estimate of drug-likeness (QED) is 0.798. The standard InChI is InChI=1S/C19H18N6/c1-12-7-16(24-17(21-2)23-12)25-15-8-14(4-3-13(15)9-22-25)19(11-20)10-18(19)5-6-18/h3-4,7-9H,5-6,10H2,1-2H3,(H,21,23,24)/t19-/m1/s1. The topological polar surface area (TPSA) is 79.4 Å². The molecule has 2 heterocycles. The van der Waals surface area contributed by atoms with Gasteiger partial charge in [-0.15, -0.1) is 0 Å². The van der Waals surface area contributed by atoms with Crippen molar-refractivity contribution in [3.8, 4) is 11.9 Å². The molecule has 0 radical (unpaired) electrons. The Kier molecular flexibility index (Phi) is 2.63. The van der Waals surface area contributed by atoms with Crippen LogP contribution in [0.15, 0.2) is 30.5 Å². The van der Waals surface area contributed by atoms with Crippen molar-refractivity contribution >= 4 is 16.9 Å². The molecule has 1 atom stereocenters. The summed E-state index contributed by atoms with van der Waals surface area (Å²) in [6.45, 7) is 1.94. The molecule has 124 valence electrons. The van der Waals surface area contributed by atoms with Crippen LogP contribution in [0.5, 0.6) is 0 Å².